The van der Waals surface area contributed by atoms with E-state index in [1.54, 1.807) is 7.05 Å². The van der Waals surface area contributed by atoms with Crippen LogP contribution in [0.15, 0.2) is 24.3 Å². The Bertz CT molecular complexity index is 884. The lowest BCUT2D eigenvalue weighted by atomic mass is 10.1. The number of aromatic nitrogens is 1. The topological polar surface area (TPSA) is 96.5 Å². The summed E-state index contributed by atoms with van der Waals surface area (Å²) >= 11 is 1.48. The molecule has 0 spiro atoms. The van der Waals surface area contributed by atoms with Crippen LogP contribution in [0.1, 0.15) is 34.3 Å². The van der Waals surface area contributed by atoms with Gasteiger partial charge < -0.3 is 15.7 Å². The Kier molecular flexibility index (Phi) is 8.90. The predicted octanol–water partition coefficient (Wildman–Crippen LogP) is 1.91. The first-order valence-corrected chi connectivity index (χ1v) is 9.32. The van der Waals surface area contributed by atoms with Crippen molar-refractivity contribution in [3.8, 4) is 35.8 Å². The van der Waals surface area contributed by atoms with Crippen molar-refractivity contribution in [3.05, 3.63) is 40.4 Å². The van der Waals surface area contributed by atoms with Gasteiger partial charge in [-0.2, -0.15) is 0 Å². The quantitative estimate of drug-likeness (QED) is 0.773. The molecule has 6 nitrogen and oxygen atoms in total. The van der Waals surface area contributed by atoms with Crippen LogP contribution in [0.3, 0.4) is 0 Å². The Morgan fingerprint density at radius 3 is 2.54 bits per heavy atom. The molecule has 2 heterocycles. The smallest absolute Gasteiger partial charge is 0.268 e. The Balaban J connectivity index is 0.000000327. The van der Waals surface area contributed by atoms with E-state index >= 15 is 0 Å². The Hall–Kier alpha value is -3.13. The summed E-state index contributed by atoms with van der Waals surface area (Å²) in [6.07, 6.45) is 14.0. The molecule has 1 fully saturated rings. The average molecular weight is 398 g/mol. The number of aryl methyl sites for hydroxylation is 1. The minimum absolute atomic E-state index is 0.148. The number of hydrogen-bond acceptors (Lipinski definition) is 5. The average Bonchev–Trinajstić information content (AvgIpc) is 3.29. The number of rotatable bonds is 3. The molecule has 1 atom stereocenters. The number of carbonyl (C=O) groups excluding carboxylic acids is 2. The van der Waals surface area contributed by atoms with Crippen LogP contribution in [0.5, 0.6) is 0 Å². The van der Waals surface area contributed by atoms with Gasteiger partial charge in [-0.3, -0.25) is 9.59 Å². The molecule has 1 aliphatic rings. The fraction of sp³-hybridized carbons (Fsp3) is 0.286. The highest BCUT2D eigenvalue weighted by Crippen LogP contribution is 2.28. The van der Waals surface area contributed by atoms with Crippen LogP contribution in [0.25, 0.3) is 10.6 Å². The molecule has 0 saturated carbocycles. The van der Waals surface area contributed by atoms with Crippen molar-refractivity contribution in [2.75, 3.05) is 13.6 Å². The SMILES string of the molecule is C#C.C#Cc1cccc(-c2nc(C(N)=O)c(CC)s2)c1.CN1CC[C@H](O)C1=O. The maximum atomic E-state index is 11.3. The molecule has 0 aliphatic carbocycles. The highest BCUT2D eigenvalue weighted by Gasteiger charge is 2.26. The van der Waals surface area contributed by atoms with Crippen molar-refractivity contribution >= 4 is 23.2 Å². The molecule has 1 aliphatic heterocycles. The fourth-order valence-corrected chi connectivity index (χ4v) is 3.46. The van der Waals surface area contributed by atoms with E-state index < -0.39 is 12.0 Å². The van der Waals surface area contributed by atoms with Gasteiger partial charge in [-0.05, 0) is 25.0 Å². The number of benzene rings is 1. The molecule has 0 unspecified atom stereocenters. The van der Waals surface area contributed by atoms with Crippen LogP contribution in [0, 0.1) is 25.2 Å². The molecule has 3 rings (SSSR count). The summed E-state index contributed by atoms with van der Waals surface area (Å²) in [6.45, 7) is 2.67. The number of carbonyl (C=O) groups is 2. The summed E-state index contributed by atoms with van der Waals surface area (Å²) in [7, 11) is 1.69. The van der Waals surface area contributed by atoms with Crippen LogP contribution in [-0.4, -0.2) is 46.5 Å². The van der Waals surface area contributed by atoms with Gasteiger partial charge in [0.1, 0.15) is 16.8 Å². The Morgan fingerprint density at radius 2 is 2.14 bits per heavy atom. The third-order valence-electron chi connectivity index (χ3n) is 3.93. The molecule has 0 radical (unpaired) electrons. The number of nitrogens with zero attached hydrogens (tertiary/aromatic N) is 2. The third-order valence-corrected chi connectivity index (χ3v) is 5.18. The van der Waals surface area contributed by atoms with E-state index in [1.165, 1.54) is 16.2 Å². The highest BCUT2D eigenvalue weighted by molar-refractivity contribution is 7.15. The van der Waals surface area contributed by atoms with E-state index in [0.29, 0.717) is 18.7 Å². The molecule has 3 N–H and O–H groups in total. The lowest BCUT2D eigenvalue weighted by molar-refractivity contribution is -0.133. The van der Waals surface area contributed by atoms with Gasteiger partial charge in [0, 0.05) is 29.6 Å². The normalized spacial score (nSPS) is 14.9. The monoisotopic (exact) mass is 397 g/mol. The number of aliphatic hydroxyl groups is 1. The zero-order chi connectivity index (χ0) is 21.3. The van der Waals surface area contributed by atoms with E-state index in [2.05, 4.69) is 23.8 Å². The number of thiazole rings is 1. The van der Waals surface area contributed by atoms with Gasteiger partial charge in [-0.15, -0.1) is 30.6 Å². The van der Waals surface area contributed by atoms with Gasteiger partial charge in [0.15, 0.2) is 0 Å². The second-order valence-electron chi connectivity index (χ2n) is 5.80. The van der Waals surface area contributed by atoms with Crippen molar-refractivity contribution in [3.63, 3.8) is 0 Å². The van der Waals surface area contributed by atoms with Gasteiger partial charge in [0.2, 0.25) is 0 Å². The number of nitrogens with two attached hydrogens (primary N) is 1. The maximum Gasteiger partial charge on any atom is 0.268 e. The molecule has 1 aromatic carbocycles. The van der Waals surface area contributed by atoms with Crippen LogP contribution < -0.4 is 5.73 Å². The first kappa shape index (κ1) is 22.9. The number of likely N-dealkylation sites (N-methyl/N-ethyl adjacent to an activating group) is 1. The second kappa shape index (κ2) is 10.9. The van der Waals surface area contributed by atoms with E-state index in [1.807, 2.05) is 31.2 Å². The minimum atomic E-state index is -0.722. The number of terminal acetylenes is 2. The maximum absolute atomic E-state index is 11.3. The van der Waals surface area contributed by atoms with Gasteiger partial charge in [0.05, 0.1) is 0 Å². The number of likely N-dealkylation sites (tertiary alicyclic amines) is 1. The second-order valence-corrected chi connectivity index (χ2v) is 6.88. The standard InChI is InChI=1S/C14H12N2OS.C5H9NO2.C2H2/c1-3-9-6-5-7-10(8-9)14-16-12(13(15)17)11(4-2)18-14;1-6-3-2-4(7)5(6)8;1-2/h1,5-8H,4H2,2H3,(H2,15,17);4,7H,2-3H2,1H3;1-2H/t;4-;/m.0./s1. The Labute approximate surface area is 169 Å². The summed E-state index contributed by atoms with van der Waals surface area (Å²) < 4.78 is 0. The summed E-state index contributed by atoms with van der Waals surface area (Å²) in [5, 5.41) is 9.55. The minimum Gasteiger partial charge on any atom is -0.383 e. The van der Waals surface area contributed by atoms with Crippen molar-refractivity contribution < 1.29 is 14.7 Å². The van der Waals surface area contributed by atoms with Gasteiger partial charge >= 0.3 is 0 Å². The molecule has 2 aromatic rings. The number of aliphatic hydroxyl groups excluding tert-OH is 1. The lowest BCUT2D eigenvalue weighted by Gasteiger charge is -2.04. The number of hydrogen-bond donors (Lipinski definition) is 2. The van der Waals surface area contributed by atoms with Crippen molar-refractivity contribution in [2.45, 2.75) is 25.9 Å². The van der Waals surface area contributed by atoms with E-state index in [9.17, 15) is 9.59 Å². The first-order valence-electron chi connectivity index (χ1n) is 8.50. The molecule has 1 aromatic heterocycles. The van der Waals surface area contributed by atoms with E-state index in [4.69, 9.17) is 17.3 Å². The van der Waals surface area contributed by atoms with E-state index in [0.717, 1.165) is 27.4 Å². The zero-order valence-corrected chi connectivity index (χ0v) is 16.7. The summed E-state index contributed by atoms with van der Waals surface area (Å²) in [6, 6.07) is 7.53. The van der Waals surface area contributed by atoms with Gasteiger partial charge in [-0.1, -0.05) is 25.0 Å². The predicted molar refractivity (Wildman–Crippen MR) is 112 cm³/mol. The molecule has 0 bridgehead atoms. The first-order chi connectivity index (χ1) is 13.4. The molecular formula is C21H23N3O3S. The summed E-state index contributed by atoms with van der Waals surface area (Å²) in [5.41, 5.74) is 7.38. The summed E-state index contributed by atoms with van der Waals surface area (Å²) in [5.74, 6) is 1.95. The lowest BCUT2D eigenvalue weighted by Crippen LogP contribution is -2.24. The van der Waals surface area contributed by atoms with Crippen LogP contribution in [0.4, 0.5) is 0 Å². The molecule has 28 heavy (non-hydrogen) atoms. The fourth-order valence-electron chi connectivity index (χ4n) is 2.45. The van der Waals surface area contributed by atoms with Crippen LogP contribution in [0.2, 0.25) is 0 Å². The van der Waals surface area contributed by atoms with E-state index in [-0.39, 0.29) is 5.91 Å². The van der Waals surface area contributed by atoms with Crippen LogP contribution in [-0.2, 0) is 11.2 Å². The van der Waals surface area contributed by atoms with Crippen LogP contribution >= 0.6 is 11.3 Å². The zero-order valence-electron chi connectivity index (χ0n) is 15.9. The molecular weight excluding hydrogens is 374 g/mol. The number of amides is 2. The highest BCUT2D eigenvalue weighted by atomic mass is 32.1. The molecule has 2 amide bonds. The molecule has 1 saturated heterocycles. The van der Waals surface area contributed by atoms with Gasteiger partial charge in [0.25, 0.3) is 11.8 Å². The van der Waals surface area contributed by atoms with Gasteiger partial charge in [-0.25, -0.2) is 4.98 Å². The van der Waals surface area contributed by atoms with Crippen molar-refractivity contribution in [2.24, 2.45) is 5.73 Å². The summed E-state index contributed by atoms with van der Waals surface area (Å²) in [4.78, 5) is 28.6. The number of primary amides is 1. The third kappa shape index (κ3) is 5.68. The largest absolute Gasteiger partial charge is 0.383 e. The molecule has 146 valence electrons. The Morgan fingerprint density at radius 1 is 1.46 bits per heavy atom. The van der Waals surface area contributed by atoms with Crippen molar-refractivity contribution in [1.29, 1.82) is 0 Å². The molecule has 7 heteroatoms. The van der Waals surface area contributed by atoms with Crippen molar-refractivity contribution in [1.82, 2.24) is 9.88 Å².